The van der Waals surface area contributed by atoms with Crippen LogP contribution in [0.5, 0.6) is 0 Å². The SMILES string of the molecule is CC[C@H](C(=O)NC(C)C)N(Cc1ccc(F)cc1)C(=O)CCSc1ccc(C)cc1. The molecule has 2 aromatic carbocycles. The van der Waals surface area contributed by atoms with Gasteiger partial charge in [-0.15, -0.1) is 11.8 Å². The zero-order valence-corrected chi connectivity index (χ0v) is 19.0. The predicted octanol–water partition coefficient (Wildman–Crippen LogP) is 4.95. The van der Waals surface area contributed by atoms with E-state index in [4.69, 9.17) is 0 Å². The first-order valence-corrected chi connectivity index (χ1v) is 11.3. The highest BCUT2D eigenvalue weighted by atomic mass is 32.2. The molecule has 0 saturated carbocycles. The van der Waals surface area contributed by atoms with Crippen LogP contribution < -0.4 is 5.32 Å². The molecule has 6 heteroatoms. The minimum absolute atomic E-state index is 0.00795. The molecule has 0 spiro atoms. The molecule has 0 aliphatic heterocycles. The van der Waals surface area contributed by atoms with E-state index in [-0.39, 0.29) is 30.2 Å². The predicted molar refractivity (Wildman–Crippen MR) is 121 cm³/mol. The van der Waals surface area contributed by atoms with Gasteiger partial charge >= 0.3 is 0 Å². The second kappa shape index (κ2) is 11.7. The molecule has 0 fully saturated rings. The lowest BCUT2D eigenvalue weighted by molar-refractivity contribution is -0.141. The lowest BCUT2D eigenvalue weighted by Crippen LogP contribution is -2.50. The molecule has 162 valence electrons. The van der Waals surface area contributed by atoms with E-state index in [1.807, 2.05) is 52.0 Å². The van der Waals surface area contributed by atoms with Gasteiger partial charge in [0.1, 0.15) is 11.9 Å². The number of carbonyl (C=O) groups excluding carboxylic acids is 2. The maximum absolute atomic E-state index is 13.3. The summed E-state index contributed by atoms with van der Waals surface area (Å²) in [5, 5.41) is 2.91. The lowest BCUT2D eigenvalue weighted by Gasteiger charge is -2.31. The number of nitrogens with one attached hydrogen (secondary N) is 1. The zero-order chi connectivity index (χ0) is 22.1. The summed E-state index contributed by atoms with van der Waals surface area (Å²) < 4.78 is 13.3. The Kier molecular flexibility index (Phi) is 9.37. The van der Waals surface area contributed by atoms with E-state index in [1.54, 1.807) is 28.8 Å². The Morgan fingerprint density at radius 2 is 1.70 bits per heavy atom. The smallest absolute Gasteiger partial charge is 0.243 e. The number of hydrogen-bond acceptors (Lipinski definition) is 3. The average Bonchev–Trinajstić information content (AvgIpc) is 2.70. The number of benzene rings is 2. The Hall–Kier alpha value is -2.34. The van der Waals surface area contributed by atoms with Crippen molar-refractivity contribution in [2.24, 2.45) is 0 Å². The van der Waals surface area contributed by atoms with Gasteiger partial charge in [0, 0.05) is 29.7 Å². The van der Waals surface area contributed by atoms with Crippen LogP contribution in [0.15, 0.2) is 53.4 Å². The van der Waals surface area contributed by atoms with Gasteiger partial charge in [0.2, 0.25) is 11.8 Å². The van der Waals surface area contributed by atoms with E-state index in [0.717, 1.165) is 10.5 Å². The van der Waals surface area contributed by atoms with Crippen LogP contribution in [0.25, 0.3) is 0 Å². The maximum atomic E-state index is 13.3. The minimum atomic E-state index is -0.561. The van der Waals surface area contributed by atoms with Gasteiger partial charge in [0.25, 0.3) is 0 Å². The van der Waals surface area contributed by atoms with Crippen LogP contribution in [-0.4, -0.2) is 34.6 Å². The molecule has 2 aromatic rings. The molecule has 0 saturated heterocycles. The zero-order valence-electron chi connectivity index (χ0n) is 18.2. The van der Waals surface area contributed by atoms with E-state index >= 15 is 0 Å². The topological polar surface area (TPSA) is 49.4 Å². The van der Waals surface area contributed by atoms with Crippen LogP contribution in [0.3, 0.4) is 0 Å². The number of thioether (sulfide) groups is 1. The Bertz CT molecular complexity index is 822. The van der Waals surface area contributed by atoms with Gasteiger partial charge in [-0.25, -0.2) is 4.39 Å². The second-order valence-electron chi connectivity index (χ2n) is 7.65. The lowest BCUT2D eigenvalue weighted by atomic mass is 10.1. The first kappa shape index (κ1) is 23.9. The van der Waals surface area contributed by atoms with Gasteiger partial charge in [-0.1, -0.05) is 36.8 Å². The normalized spacial score (nSPS) is 11.9. The third-order valence-electron chi connectivity index (χ3n) is 4.69. The standard InChI is InChI=1S/C24H31FN2O2S/c1-5-22(24(29)26-17(2)3)27(16-19-8-10-20(25)11-9-19)23(28)14-15-30-21-12-6-18(4)7-13-21/h6-13,17,22H,5,14-16H2,1-4H3,(H,26,29)/t22-/m1/s1. The molecule has 2 rings (SSSR count). The average molecular weight is 431 g/mol. The van der Waals surface area contributed by atoms with Crippen molar-refractivity contribution in [1.82, 2.24) is 10.2 Å². The molecule has 4 nitrogen and oxygen atoms in total. The van der Waals surface area contributed by atoms with Crippen molar-refractivity contribution in [2.75, 3.05) is 5.75 Å². The Balaban J connectivity index is 2.11. The van der Waals surface area contributed by atoms with Crippen molar-refractivity contribution in [1.29, 1.82) is 0 Å². The first-order chi connectivity index (χ1) is 14.3. The van der Waals surface area contributed by atoms with Gasteiger partial charge in [-0.3, -0.25) is 9.59 Å². The van der Waals surface area contributed by atoms with E-state index in [0.29, 0.717) is 18.6 Å². The number of amides is 2. The Labute approximate surface area is 183 Å². The number of aryl methyl sites for hydroxylation is 1. The highest BCUT2D eigenvalue weighted by molar-refractivity contribution is 7.99. The second-order valence-corrected chi connectivity index (χ2v) is 8.82. The van der Waals surface area contributed by atoms with Gasteiger partial charge in [0.15, 0.2) is 0 Å². The van der Waals surface area contributed by atoms with Crippen molar-refractivity contribution in [3.05, 3.63) is 65.5 Å². The van der Waals surface area contributed by atoms with E-state index in [9.17, 15) is 14.0 Å². The van der Waals surface area contributed by atoms with Crippen molar-refractivity contribution < 1.29 is 14.0 Å². The van der Waals surface area contributed by atoms with Crippen LogP contribution >= 0.6 is 11.8 Å². The highest BCUT2D eigenvalue weighted by Gasteiger charge is 2.28. The highest BCUT2D eigenvalue weighted by Crippen LogP contribution is 2.21. The van der Waals surface area contributed by atoms with Gasteiger partial charge < -0.3 is 10.2 Å². The minimum Gasteiger partial charge on any atom is -0.352 e. The number of hydrogen-bond donors (Lipinski definition) is 1. The summed E-state index contributed by atoms with van der Waals surface area (Å²) in [5.74, 6) is 0.0684. The van der Waals surface area contributed by atoms with Gasteiger partial charge in [-0.05, 0) is 57.0 Å². The molecule has 1 N–H and O–H groups in total. The molecule has 0 heterocycles. The van der Waals surface area contributed by atoms with E-state index < -0.39 is 6.04 Å². The van der Waals surface area contributed by atoms with E-state index in [1.165, 1.54) is 17.7 Å². The van der Waals surface area contributed by atoms with Crippen LogP contribution in [0.1, 0.15) is 44.7 Å². The van der Waals surface area contributed by atoms with Gasteiger partial charge in [0.05, 0.1) is 0 Å². The van der Waals surface area contributed by atoms with Crippen molar-refractivity contribution >= 4 is 23.6 Å². The monoisotopic (exact) mass is 430 g/mol. The number of carbonyl (C=O) groups is 2. The molecule has 2 amide bonds. The summed E-state index contributed by atoms with van der Waals surface area (Å²) in [5.41, 5.74) is 1.99. The Morgan fingerprint density at radius 1 is 1.07 bits per heavy atom. The summed E-state index contributed by atoms with van der Waals surface area (Å²) in [6.45, 7) is 8.01. The number of rotatable bonds is 10. The molecule has 0 bridgehead atoms. The quantitative estimate of drug-likeness (QED) is 0.543. The van der Waals surface area contributed by atoms with Crippen molar-refractivity contribution in [3.63, 3.8) is 0 Å². The number of halogens is 1. The Morgan fingerprint density at radius 3 is 2.27 bits per heavy atom. The van der Waals surface area contributed by atoms with Crippen LogP contribution in [-0.2, 0) is 16.1 Å². The van der Waals surface area contributed by atoms with E-state index in [2.05, 4.69) is 5.32 Å². The molecule has 0 unspecified atom stereocenters. The fraction of sp³-hybridized carbons (Fsp3) is 0.417. The third kappa shape index (κ3) is 7.48. The summed E-state index contributed by atoms with van der Waals surface area (Å²) in [4.78, 5) is 28.6. The molecule has 0 aliphatic carbocycles. The van der Waals surface area contributed by atoms with Crippen LogP contribution in [0.2, 0.25) is 0 Å². The molecule has 30 heavy (non-hydrogen) atoms. The van der Waals surface area contributed by atoms with Crippen LogP contribution in [0, 0.1) is 12.7 Å². The first-order valence-electron chi connectivity index (χ1n) is 10.3. The molecule has 0 radical (unpaired) electrons. The molecule has 0 aromatic heterocycles. The molecular formula is C24H31FN2O2S. The largest absolute Gasteiger partial charge is 0.352 e. The molecule has 1 atom stereocenters. The van der Waals surface area contributed by atoms with Crippen molar-refractivity contribution in [3.8, 4) is 0 Å². The summed E-state index contributed by atoms with van der Waals surface area (Å²) in [7, 11) is 0. The summed E-state index contributed by atoms with van der Waals surface area (Å²) in [6, 6.07) is 13.7. The third-order valence-corrected chi connectivity index (χ3v) is 5.70. The molecular weight excluding hydrogens is 399 g/mol. The van der Waals surface area contributed by atoms with Crippen molar-refractivity contribution in [2.45, 2.75) is 64.1 Å². The number of nitrogens with zero attached hydrogens (tertiary/aromatic N) is 1. The summed E-state index contributed by atoms with van der Waals surface area (Å²) in [6.07, 6.45) is 0.835. The molecule has 0 aliphatic rings. The maximum Gasteiger partial charge on any atom is 0.243 e. The van der Waals surface area contributed by atoms with Crippen LogP contribution in [0.4, 0.5) is 4.39 Å². The fourth-order valence-electron chi connectivity index (χ4n) is 3.12. The van der Waals surface area contributed by atoms with Gasteiger partial charge in [-0.2, -0.15) is 0 Å². The fourth-order valence-corrected chi connectivity index (χ4v) is 3.96. The summed E-state index contributed by atoms with van der Waals surface area (Å²) >= 11 is 1.62.